The number of carbonyl (C=O) groups excluding carboxylic acids is 1. The minimum absolute atomic E-state index is 0.222. The molecule has 0 spiro atoms. The van der Waals surface area contributed by atoms with Crippen LogP contribution in [0.1, 0.15) is 6.42 Å². The first-order valence-electron chi connectivity index (χ1n) is 3.24. The largest absolute Gasteiger partial charge is 0.339 e. The number of rotatable bonds is 0. The van der Waals surface area contributed by atoms with Crippen LogP contribution in [0.2, 0.25) is 0 Å². The molecular formula is C7H9NO. The molecule has 1 amide bonds. The summed E-state index contributed by atoms with van der Waals surface area (Å²) < 4.78 is 0. The van der Waals surface area contributed by atoms with E-state index >= 15 is 0 Å². The van der Waals surface area contributed by atoms with E-state index in [-0.39, 0.29) is 5.92 Å². The molecule has 2 unspecified atom stereocenters. The average Bonchev–Trinajstić information content (AvgIpc) is 2.37. The maximum Gasteiger partial charge on any atom is 0.229 e. The first-order valence-corrected chi connectivity index (χ1v) is 3.24. The van der Waals surface area contributed by atoms with Crippen LogP contribution in [0.25, 0.3) is 0 Å². The van der Waals surface area contributed by atoms with E-state index in [1.54, 1.807) is 0 Å². The molecule has 2 nitrogen and oxygen atoms in total. The van der Waals surface area contributed by atoms with E-state index in [2.05, 4.69) is 6.08 Å². The molecule has 0 radical (unpaired) electrons. The SMILES string of the molecule is CN1C(=O)C2C=CC1C2. The Hall–Kier alpha value is -0.790. The molecule has 0 aromatic rings. The standard InChI is InChI=1S/C7H9NO/c1-8-6-3-2-5(4-6)7(8)9/h2-3,5-6H,4H2,1H3. The first-order chi connectivity index (χ1) is 4.29. The number of likely N-dealkylation sites (tertiary alicyclic amines) is 1. The summed E-state index contributed by atoms with van der Waals surface area (Å²) in [5.41, 5.74) is 0. The highest BCUT2D eigenvalue weighted by molar-refractivity contribution is 5.84. The highest BCUT2D eigenvalue weighted by Crippen LogP contribution is 2.30. The minimum atomic E-state index is 0.222. The lowest BCUT2D eigenvalue weighted by molar-refractivity contribution is -0.129. The Kier molecular flexibility index (Phi) is 0.770. The molecule has 2 heteroatoms. The van der Waals surface area contributed by atoms with Crippen molar-refractivity contribution in [3.63, 3.8) is 0 Å². The summed E-state index contributed by atoms with van der Waals surface area (Å²) in [5.74, 6) is 0.516. The monoisotopic (exact) mass is 123 g/mol. The highest BCUT2D eigenvalue weighted by atomic mass is 16.2. The minimum Gasteiger partial charge on any atom is -0.339 e. The predicted molar refractivity (Wildman–Crippen MR) is 33.8 cm³/mol. The molecule has 2 atom stereocenters. The van der Waals surface area contributed by atoms with Gasteiger partial charge in [0.05, 0.1) is 12.0 Å². The van der Waals surface area contributed by atoms with Crippen molar-refractivity contribution in [1.29, 1.82) is 0 Å². The number of likely N-dealkylation sites (N-methyl/N-ethyl adjacent to an activating group) is 1. The van der Waals surface area contributed by atoms with Crippen LogP contribution in [0, 0.1) is 5.92 Å². The molecule has 0 saturated carbocycles. The number of nitrogens with zero attached hydrogens (tertiary/aromatic N) is 1. The van der Waals surface area contributed by atoms with Crippen LogP contribution in [0.4, 0.5) is 0 Å². The van der Waals surface area contributed by atoms with Gasteiger partial charge < -0.3 is 4.90 Å². The van der Waals surface area contributed by atoms with Crippen molar-refractivity contribution in [2.24, 2.45) is 5.92 Å². The van der Waals surface area contributed by atoms with E-state index in [0.29, 0.717) is 11.9 Å². The molecule has 1 fully saturated rings. The summed E-state index contributed by atoms with van der Waals surface area (Å²) in [7, 11) is 1.87. The quantitative estimate of drug-likeness (QED) is 0.427. The number of fused-ring (bicyclic) bond motifs is 2. The van der Waals surface area contributed by atoms with Gasteiger partial charge in [0.25, 0.3) is 0 Å². The third-order valence-corrected chi connectivity index (χ3v) is 2.22. The van der Waals surface area contributed by atoms with Crippen molar-refractivity contribution in [2.45, 2.75) is 12.5 Å². The van der Waals surface area contributed by atoms with Crippen molar-refractivity contribution in [3.05, 3.63) is 12.2 Å². The Labute approximate surface area is 54.1 Å². The molecule has 9 heavy (non-hydrogen) atoms. The molecule has 0 N–H and O–H groups in total. The zero-order chi connectivity index (χ0) is 6.43. The highest BCUT2D eigenvalue weighted by Gasteiger charge is 2.38. The van der Waals surface area contributed by atoms with Gasteiger partial charge in [-0.25, -0.2) is 0 Å². The molecular weight excluding hydrogens is 114 g/mol. The van der Waals surface area contributed by atoms with Crippen LogP contribution in [0.3, 0.4) is 0 Å². The topological polar surface area (TPSA) is 20.3 Å². The Bertz CT molecular complexity index is 185. The van der Waals surface area contributed by atoms with Crippen molar-refractivity contribution in [2.75, 3.05) is 7.05 Å². The van der Waals surface area contributed by atoms with E-state index in [4.69, 9.17) is 0 Å². The fourth-order valence-electron chi connectivity index (χ4n) is 1.58. The maximum absolute atomic E-state index is 11.0. The molecule has 1 aliphatic carbocycles. The van der Waals surface area contributed by atoms with E-state index in [1.807, 2.05) is 18.0 Å². The van der Waals surface area contributed by atoms with Crippen LogP contribution in [-0.2, 0) is 4.79 Å². The Morgan fingerprint density at radius 3 is 2.78 bits per heavy atom. The zero-order valence-corrected chi connectivity index (χ0v) is 5.37. The zero-order valence-electron chi connectivity index (χ0n) is 5.37. The van der Waals surface area contributed by atoms with Crippen molar-refractivity contribution in [3.8, 4) is 0 Å². The molecule has 2 bridgehead atoms. The molecule has 1 aliphatic heterocycles. The lowest BCUT2D eigenvalue weighted by Crippen LogP contribution is -2.30. The molecule has 1 heterocycles. The third-order valence-electron chi connectivity index (χ3n) is 2.22. The Balaban J connectivity index is 2.36. The van der Waals surface area contributed by atoms with Gasteiger partial charge in [-0.3, -0.25) is 4.79 Å². The second-order valence-electron chi connectivity index (χ2n) is 2.74. The van der Waals surface area contributed by atoms with Crippen LogP contribution >= 0.6 is 0 Å². The summed E-state index contributed by atoms with van der Waals surface area (Å²) in [6, 6.07) is 0.419. The van der Waals surface area contributed by atoms with Crippen molar-refractivity contribution < 1.29 is 4.79 Å². The van der Waals surface area contributed by atoms with Crippen LogP contribution < -0.4 is 0 Å². The fourth-order valence-corrected chi connectivity index (χ4v) is 1.58. The van der Waals surface area contributed by atoms with Crippen molar-refractivity contribution in [1.82, 2.24) is 4.90 Å². The summed E-state index contributed by atoms with van der Waals surface area (Å²) in [4.78, 5) is 12.9. The lowest BCUT2D eigenvalue weighted by atomic mass is 10.1. The summed E-state index contributed by atoms with van der Waals surface area (Å²) in [5, 5.41) is 0. The molecule has 0 aromatic heterocycles. The van der Waals surface area contributed by atoms with Gasteiger partial charge in [0.2, 0.25) is 5.91 Å². The van der Waals surface area contributed by atoms with Gasteiger partial charge in [0, 0.05) is 7.05 Å². The van der Waals surface area contributed by atoms with E-state index in [0.717, 1.165) is 6.42 Å². The Morgan fingerprint density at radius 1 is 1.67 bits per heavy atom. The van der Waals surface area contributed by atoms with Crippen LogP contribution in [-0.4, -0.2) is 23.9 Å². The number of carbonyl (C=O) groups is 1. The fraction of sp³-hybridized carbons (Fsp3) is 0.571. The van der Waals surface area contributed by atoms with Crippen LogP contribution in [0.5, 0.6) is 0 Å². The smallest absolute Gasteiger partial charge is 0.229 e. The number of amides is 1. The van der Waals surface area contributed by atoms with Gasteiger partial charge in [0.1, 0.15) is 0 Å². The van der Waals surface area contributed by atoms with Crippen molar-refractivity contribution >= 4 is 5.91 Å². The average molecular weight is 123 g/mol. The normalized spacial score (nSPS) is 38.8. The molecule has 2 rings (SSSR count). The van der Waals surface area contributed by atoms with Gasteiger partial charge in [-0.05, 0) is 6.42 Å². The second-order valence-corrected chi connectivity index (χ2v) is 2.74. The second kappa shape index (κ2) is 1.38. The number of hydrogen-bond donors (Lipinski definition) is 0. The van der Waals surface area contributed by atoms with E-state index in [1.165, 1.54) is 0 Å². The van der Waals surface area contributed by atoms with E-state index in [9.17, 15) is 4.79 Å². The molecule has 2 aliphatic rings. The third kappa shape index (κ3) is 0.479. The van der Waals surface area contributed by atoms with Gasteiger partial charge in [-0.2, -0.15) is 0 Å². The molecule has 1 saturated heterocycles. The van der Waals surface area contributed by atoms with Gasteiger partial charge >= 0.3 is 0 Å². The van der Waals surface area contributed by atoms with Crippen LogP contribution in [0.15, 0.2) is 12.2 Å². The molecule has 0 aromatic carbocycles. The van der Waals surface area contributed by atoms with Gasteiger partial charge in [-0.15, -0.1) is 0 Å². The van der Waals surface area contributed by atoms with E-state index < -0.39 is 0 Å². The van der Waals surface area contributed by atoms with Gasteiger partial charge in [-0.1, -0.05) is 12.2 Å². The molecule has 48 valence electrons. The number of hydrogen-bond acceptors (Lipinski definition) is 1. The predicted octanol–water partition coefficient (Wildman–Crippen LogP) is 0.403. The first kappa shape index (κ1) is 5.03. The summed E-state index contributed by atoms with van der Waals surface area (Å²) in [6.07, 6.45) is 5.16. The Morgan fingerprint density at radius 2 is 2.44 bits per heavy atom. The maximum atomic E-state index is 11.0. The lowest BCUT2D eigenvalue weighted by Gasteiger charge is -2.17. The summed E-state index contributed by atoms with van der Waals surface area (Å²) >= 11 is 0. The summed E-state index contributed by atoms with van der Waals surface area (Å²) in [6.45, 7) is 0. The van der Waals surface area contributed by atoms with Gasteiger partial charge in [0.15, 0.2) is 0 Å².